The standard InChI is InChI=1S/C15H30N4O4S.HI/c1-3-16-15(18-8-11-23-12-13-24(2,21)22)17-7-5-10-19-9-4-6-14(19)20;/h3-13H2,1-2H3,(H2,16,17,18);1H. The van der Waals surface area contributed by atoms with Crippen molar-refractivity contribution in [3.63, 3.8) is 0 Å². The molecule has 1 amide bonds. The van der Waals surface area contributed by atoms with Crippen molar-refractivity contribution >= 4 is 45.7 Å². The van der Waals surface area contributed by atoms with Gasteiger partial charge in [-0.2, -0.15) is 0 Å². The minimum atomic E-state index is -2.97. The number of guanidine groups is 1. The third kappa shape index (κ3) is 12.4. The SMILES string of the molecule is CCNC(=NCCCN1CCCC1=O)NCCOCCS(C)(=O)=O.I. The van der Waals surface area contributed by atoms with Crippen LogP contribution < -0.4 is 10.6 Å². The van der Waals surface area contributed by atoms with E-state index >= 15 is 0 Å². The number of likely N-dealkylation sites (tertiary alicyclic amines) is 1. The lowest BCUT2D eigenvalue weighted by atomic mass is 10.4. The third-order valence-electron chi connectivity index (χ3n) is 3.51. The molecule has 8 nitrogen and oxygen atoms in total. The van der Waals surface area contributed by atoms with E-state index < -0.39 is 9.84 Å². The number of carbonyl (C=O) groups excluding carboxylic acids is 1. The van der Waals surface area contributed by atoms with E-state index in [1.54, 1.807) is 0 Å². The molecule has 0 aromatic rings. The van der Waals surface area contributed by atoms with Gasteiger partial charge in [0.15, 0.2) is 5.96 Å². The van der Waals surface area contributed by atoms with Crippen LogP contribution in [0.2, 0.25) is 0 Å². The first-order chi connectivity index (χ1) is 11.4. The summed E-state index contributed by atoms with van der Waals surface area (Å²) in [4.78, 5) is 17.9. The summed E-state index contributed by atoms with van der Waals surface area (Å²) in [6.45, 7) is 6.20. The number of amides is 1. The smallest absolute Gasteiger partial charge is 0.222 e. The van der Waals surface area contributed by atoms with Gasteiger partial charge in [0.05, 0.1) is 19.0 Å². The fourth-order valence-electron chi connectivity index (χ4n) is 2.29. The molecule has 1 saturated heterocycles. The van der Waals surface area contributed by atoms with Gasteiger partial charge in [0, 0.05) is 45.4 Å². The van der Waals surface area contributed by atoms with Gasteiger partial charge < -0.3 is 20.3 Å². The minimum Gasteiger partial charge on any atom is -0.379 e. The van der Waals surface area contributed by atoms with Crippen LogP contribution in [0.4, 0.5) is 0 Å². The zero-order valence-corrected chi connectivity index (χ0v) is 18.3. The lowest BCUT2D eigenvalue weighted by molar-refractivity contribution is -0.127. The van der Waals surface area contributed by atoms with Gasteiger partial charge in [0.2, 0.25) is 5.91 Å². The molecular formula is C15H31IN4O4S. The van der Waals surface area contributed by atoms with Gasteiger partial charge in [-0.05, 0) is 19.8 Å². The topological polar surface area (TPSA) is 100 Å². The van der Waals surface area contributed by atoms with Gasteiger partial charge in [-0.3, -0.25) is 9.79 Å². The number of sulfone groups is 1. The monoisotopic (exact) mass is 490 g/mol. The van der Waals surface area contributed by atoms with E-state index in [1.165, 1.54) is 6.26 Å². The number of ether oxygens (including phenoxy) is 1. The van der Waals surface area contributed by atoms with Crippen molar-refractivity contribution in [2.75, 3.05) is 57.9 Å². The molecule has 0 aliphatic carbocycles. The second-order valence-electron chi connectivity index (χ2n) is 5.77. The quantitative estimate of drug-likeness (QED) is 0.186. The summed E-state index contributed by atoms with van der Waals surface area (Å²) in [5.74, 6) is 0.989. The fourth-order valence-corrected chi connectivity index (χ4v) is 2.71. The number of hydrogen-bond donors (Lipinski definition) is 2. The number of carbonyl (C=O) groups is 1. The summed E-state index contributed by atoms with van der Waals surface area (Å²) in [6, 6.07) is 0. The Kier molecular flexibility index (Phi) is 13.2. The molecule has 0 aromatic heterocycles. The molecule has 10 heteroatoms. The van der Waals surface area contributed by atoms with Crippen molar-refractivity contribution in [1.82, 2.24) is 15.5 Å². The Labute approximate surface area is 168 Å². The summed E-state index contributed by atoms with van der Waals surface area (Å²) < 4.78 is 27.2. The van der Waals surface area contributed by atoms with Gasteiger partial charge in [0.25, 0.3) is 0 Å². The summed E-state index contributed by atoms with van der Waals surface area (Å²) in [5.41, 5.74) is 0. The van der Waals surface area contributed by atoms with Crippen molar-refractivity contribution < 1.29 is 17.9 Å². The minimum absolute atomic E-state index is 0. The third-order valence-corrected chi connectivity index (χ3v) is 4.42. The largest absolute Gasteiger partial charge is 0.379 e. The molecule has 1 heterocycles. The van der Waals surface area contributed by atoms with Crippen LogP contribution in [0.25, 0.3) is 0 Å². The lowest BCUT2D eigenvalue weighted by Crippen LogP contribution is -2.39. The fraction of sp³-hybridized carbons (Fsp3) is 0.867. The summed E-state index contributed by atoms with van der Waals surface area (Å²) in [7, 11) is -2.97. The Hall–Kier alpha value is -0.620. The lowest BCUT2D eigenvalue weighted by Gasteiger charge is -2.15. The highest BCUT2D eigenvalue weighted by Crippen LogP contribution is 2.09. The molecule has 0 radical (unpaired) electrons. The number of hydrogen-bond acceptors (Lipinski definition) is 5. The first kappa shape index (κ1) is 24.4. The Morgan fingerprint density at radius 2 is 2.08 bits per heavy atom. The summed E-state index contributed by atoms with van der Waals surface area (Å²) >= 11 is 0. The first-order valence-corrected chi connectivity index (χ1v) is 10.5. The van der Waals surface area contributed by atoms with E-state index in [9.17, 15) is 13.2 Å². The van der Waals surface area contributed by atoms with E-state index in [0.29, 0.717) is 32.1 Å². The number of nitrogens with one attached hydrogen (secondary N) is 2. The van der Waals surface area contributed by atoms with Crippen LogP contribution in [0.15, 0.2) is 4.99 Å². The molecule has 1 fully saturated rings. The second kappa shape index (κ2) is 13.6. The maximum absolute atomic E-state index is 11.5. The predicted molar refractivity (Wildman–Crippen MR) is 110 cm³/mol. The molecule has 1 rings (SSSR count). The Balaban J connectivity index is 0.00000576. The number of halogens is 1. The van der Waals surface area contributed by atoms with Crippen LogP contribution in [-0.4, -0.2) is 83.1 Å². The number of nitrogens with zero attached hydrogens (tertiary/aromatic N) is 2. The molecule has 0 saturated carbocycles. The number of rotatable bonds is 11. The Morgan fingerprint density at radius 1 is 1.32 bits per heavy atom. The van der Waals surface area contributed by atoms with Crippen molar-refractivity contribution in [2.24, 2.45) is 4.99 Å². The molecule has 148 valence electrons. The van der Waals surface area contributed by atoms with E-state index in [2.05, 4.69) is 15.6 Å². The highest BCUT2D eigenvalue weighted by Gasteiger charge is 2.18. The molecule has 0 atom stereocenters. The maximum Gasteiger partial charge on any atom is 0.222 e. The predicted octanol–water partition coefficient (Wildman–Crippen LogP) is 0.233. The highest BCUT2D eigenvalue weighted by molar-refractivity contribution is 14.0. The number of aliphatic imine (C=N–C) groups is 1. The van der Waals surface area contributed by atoms with Gasteiger partial charge in [-0.1, -0.05) is 0 Å². The van der Waals surface area contributed by atoms with Crippen LogP contribution in [0.1, 0.15) is 26.2 Å². The Bertz CT molecular complexity index is 514. The molecule has 0 bridgehead atoms. The normalized spacial score (nSPS) is 15.2. The van der Waals surface area contributed by atoms with Crippen LogP contribution in [0, 0.1) is 0 Å². The van der Waals surface area contributed by atoms with E-state index in [-0.39, 0.29) is 42.2 Å². The zero-order chi connectivity index (χ0) is 17.8. The van der Waals surface area contributed by atoms with Crippen molar-refractivity contribution in [3.05, 3.63) is 0 Å². The van der Waals surface area contributed by atoms with Crippen molar-refractivity contribution in [2.45, 2.75) is 26.2 Å². The highest BCUT2D eigenvalue weighted by atomic mass is 127. The maximum atomic E-state index is 11.5. The van der Waals surface area contributed by atoms with Crippen LogP contribution in [0.3, 0.4) is 0 Å². The summed E-state index contributed by atoms with van der Waals surface area (Å²) in [6.07, 6.45) is 3.67. The van der Waals surface area contributed by atoms with Gasteiger partial charge in [-0.15, -0.1) is 24.0 Å². The average molecular weight is 490 g/mol. The van der Waals surface area contributed by atoms with Crippen LogP contribution in [-0.2, 0) is 19.4 Å². The van der Waals surface area contributed by atoms with Gasteiger partial charge in [-0.25, -0.2) is 8.42 Å². The van der Waals surface area contributed by atoms with Crippen molar-refractivity contribution in [1.29, 1.82) is 0 Å². The first-order valence-electron chi connectivity index (χ1n) is 8.48. The molecule has 0 unspecified atom stereocenters. The van der Waals surface area contributed by atoms with E-state index in [4.69, 9.17) is 4.74 Å². The molecule has 1 aliphatic rings. The van der Waals surface area contributed by atoms with Crippen LogP contribution >= 0.6 is 24.0 Å². The van der Waals surface area contributed by atoms with Crippen LogP contribution in [0.5, 0.6) is 0 Å². The molecule has 0 aromatic carbocycles. The molecular weight excluding hydrogens is 459 g/mol. The molecule has 0 spiro atoms. The van der Waals surface area contributed by atoms with E-state index in [1.807, 2.05) is 11.8 Å². The zero-order valence-electron chi connectivity index (χ0n) is 15.1. The molecule has 2 N–H and O–H groups in total. The summed E-state index contributed by atoms with van der Waals surface area (Å²) in [5, 5.41) is 6.28. The van der Waals surface area contributed by atoms with E-state index in [0.717, 1.165) is 32.5 Å². The Morgan fingerprint density at radius 3 is 2.68 bits per heavy atom. The van der Waals surface area contributed by atoms with Gasteiger partial charge >= 0.3 is 0 Å². The van der Waals surface area contributed by atoms with Gasteiger partial charge in [0.1, 0.15) is 9.84 Å². The molecule has 25 heavy (non-hydrogen) atoms. The average Bonchev–Trinajstić information content (AvgIpc) is 2.91. The second-order valence-corrected chi connectivity index (χ2v) is 8.03. The van der Waals surface area contributed by atoms with Crippen molar-refractivity contribution in [3.8, 4) is 0 Å². The molecule has 1 aliphatic heterocycles.